The van der Waals surface area contributed by atoms with Gasteiger partial charge in [-0.3, -0.25) is 14.1 Å². The predicted molar refractivity (Wildman–Crippen MR) is 134 cm³/mol. The maximum atomic E-state index is 14.7. The van der Waals surface area contributed by atoms with Crippen molar-refractivity contribution in [1.82, 2.24) is 39.3 Å². The van der Waals surface area contributed by atoms with E-state index in [2.05, 4.69) is 32.5 Å². The van der Waals surface area contributed by atoms with Gasteiger partial charge in [-0.25, -0.2) is 9.18 Å². The van der Waals surface area contributed by atoms with Crippen molar-refractivity contribution in [3.63, 3.8) is 0 Å². The lowest BCUT2D eigenvalue weighted by Gasteiger charge is -2.14. The molecule has 9 nitrogen and oxygen atoms in total. The van der Waals surface area contributed by atoms with Gasteiger partial charge >= 0.3 is 5.69 Å². The van der Waals surface area contributed by atoms with E-state index in [0.29, 0.717) is 25.3 Å². The molecule has 0 radical (unpaired) electrons. The fraction of sp³-hybridized carbons (Fsp3) is 0.269. The van der Waals surface area contributed by atoms with E-state index in [-0.39, 0.29) is 11.5 Å². The Balaban J connectivity index is 1.62. The third kappa shape index (κ3) is 4.26. The zero-order valence-electron chi connectivity index (χ0n) is 20.2. The summed E-state index contributed by atoms with van der Waals surface area (Å²) in [6.07, 6.45) is 9.53. The molecular weight excluding hydrogens is 459 g/mol. The van der Waals surface area contributed by atoms with Crippen LogP contribution >= 0.6 is 0 Å². The van der Waals surface area contributed by atoms with Crippen LogP contribution in [0.3, 0.4) is 0 Å². The van der Waals surface area contributed by atoms with Gasteiger partial charge in [0.2, 0.25) is 5.82 Å². The first-order valence-electron chi connectivity index (χ1n) is 12.0. The highest BCUT2D eigenvalue weighted by atomic mass is 19.1. The number of halogens is 1. The number of rotatable bonds is 9. The van der Waals surface area contributed by atoms with Gasteiger partial charge in [-0.15, -0.1) is 10.2 Å². The van der Waals surface area contributed by atoms with Crippen molar-refractivity contribution in [2.45, 2.75) is 46.2 Å². The van der Waals surface area contributed by atoms with Crippen LogP contribution in [-0.2, 0) is 19.5 Å². The Bertz CT molecular complexity index is 1530. The molecule has 10 heteroatoms. The van der Waals surface area contributed by atoms with Crippen LogP contribution in [0.1, 0.15) is 37.9 Å². The highest BCUT2D eigenvalue weighted by molar-refractivity contribution is 5.81. The Morgan fingerprint density at radius 1 is 1.06 bits per heavy atom. The zero-order valence-corrected chi connectivity index (χ0v) is 20.2. The molecule has 5 aromatic rings. The minimum absolute atomic E-state index is 0.257. The summed E-state index contributed by atoms with van der Waals surface area (Å²) in [5.74, 6) is 0.318. The molecule has 0 unspecified atom stereocenters. The number of H-pyrrole nitrogens is 1. The monoisotopic (exact) mass is 486 g/mol. The van der Waals surface area contributed by atoms with E-state index in [0.717, 1.165) is 40.8 Å². The molecule has 0 fully saturated rings. The van der Waals surface area contributed by atoms with Gasteiger partial charge in [0, 0.05) is 42.6 Å². The molecule has 0 aliphatic carbocycles. The maximum Gasteiger partial charge on any atom is 0.334 e. The number of aromatic amines is 1. The second kappa shape index (κ2) is 10.1. The summed E-state index contributed by atoms with van der Waals surface area (Å²) < 4.78 is 19.6. The van der Waals surface area contributed by atoms with Crippen LogP contribution in [0.4, 0.5) is 4.39 Å². The number of hydrogen-bond donors (Lipinski definition) is 1. The number of hydrogen-bond acceptors (Lipinski definition) is 5. The lowest BCUT2D eigenvalue weighted by Crippen LogP contribution is -2.26. The lowest BCUT2D eigenvalue weighted by atomic mass is 9.96. The van der Waals surface area contributed by atoms with E-state index < -0.39 is 5.82 Å². The van der Waals surface area contributed by atoms with E-state index in [1.54, 1.807) is 33.9 Å². The Morgan fingerprint density at radius 3 is 2.64 bits per heavy atom. The first-order valence-corrected chi connectivity index (χ1v) is 12.0. The van der Waals surface area contributed by atoms with Crippen molar-refractivity contribution < 1.29 is 4.39 Å². The van der Waals surface area contributed by atoms with Gasteiger partial charge in [0.1, 0.15) is 0 Å². The van der Waals surface area contributed by atoms with E-state index in [1.165, 1.54) is 10.6 Å². The van der Waals surface area contributed by atoms with Crippen molar-refractivity contribution in [2.75, 3.05) is 0 Å². The van der Waals surface area contributed by atoms with Gasteiger partial charge in [-0.05, 0) is 53.8 Å². The smallest absolute Gasteiger partial charge is 0.332 e. The number of benzene rings is 1. The van der Waals surface area contributed by atoms with E-state index >= 15 is 0 Å². The SMILES string of the molecule is CCCCc1cn(-c2c(F)ccn2CC)c(=O)n1Cc1cnccc1-c1ccccc1-c1nn[nH]n1. The van der Waals surface area contributed by atoms with Crippen molar-refractivity contribution in [1.29, 1.82) is 0 Å². The Labute approximate surface area is 207 Å². The fourth-order valence-corrected chi connectivity index (χ4v) is 4.53. The number of tetrazole rings is 1. The molecule has 0 saturated heterocycles. The molecule has 0 aliphatic heterocycles. The zero-order chi connectivity index (χ0) is 25.1. The molecular formula is C26H27FN8O. The van der Waals surface area contributed by atoms with E-state index in [1.807, 2.05) is 37.3 Å². The molecule has 1 N–H and O–H groups in total. The molecule has 4 heterocycles. The number of imidazole rings is 1. The Hall–Kier alpha value is -4.34. The minimum atomic E-state index is -0.422. The Kier molecular flexibility index (Phi) is 6.57. The van der Waals surface area contributed by atoms with E-state index in [9.17, 15) is 9.18 Å². The average Bonchev–Trinajstić information content (AvgIpc) is 3.64. The number of aryl methyl sites for hydroxylation is 2. The first kappa shape index (κ1) is 23.4. The van der Waals surface area contributed by atoms with E-state index in [4.69, 9.17) is 0 Å². The summed E-state index contributed by atoms with van der Waals surface area (Å²) in [4.78, 5) is 18.0. The quantitative estimate of drug-likeness (QED) is 0.336. The normalized spacial score (nSPS) is 11.3. The van der Waals surface area contributed by atoms with Crippen molar-refractivity contribution in [2.24, 2.45) is 0 Å². The number of nitrogens with one attached hydrogen (secondary N) is 1. The highest BCUT2D eigenvalue weighted by Gasteiger charge is 2.20. The second-order valence-corrected chi connectivity index (χ2v) is 8.55. The van der Waals surface area contributed by atoms with Crippen LogP contribution in [-0.4, -0.2) is 39.3 Å². The van der Waals surface area contributed by atoms with Crippen LogP contribution in [0.5, 0.6) is 0 Å². The fourth-order valence-electron chi connectivity index (χ4n) is 4.53. The van der Waals surface area contributed by atoms with Crippen LogP contribution in [0, 0.1) is 5.82 Å². The Morgan fingerprint density at radius 2 is 1.89 bits per heavy atom. The lowest BCUT2D eigenvalue weighted by molar-refractivity contribution is 0.595. The summed E-state index contributed by atoms with van der Waals surface area (Å²) in [6.45, 7) is 4.88. The largest absolute Gasteiger partial charge is 0.334 e. The average molecular weight is 487 g/mol. The summed E-state index contributed by atoms with van der Waals surface area (Å²) in [7, 11) is 0. The number of aromatic nitrogens is 8. The van der Waals surface area contributed by atoms with Gasteiger partial charge in [0.05, 0.1) is 6.54 Å². The molecule has 0 spiro atoms. The van der Waals surface area contributed by atoms with Crippen molar-refractivity contribution in [3.8, 4) is 28.3 Å². The van der Waals surface area contributed by atoms with Gasteiger partial charge in [-0.1, -0.05) is 37.6 Å². The molecule has 0 saturated carbocycles. The van der Waals surface area contributed by atoms with Crippen LogP contribution in [0.25, 0.3) is 28.3 Å². The molecule has 1 aromatic carbocycles. The second-order valence-electron chi connectivity index (χ2n) is 8.55. The highest BCUT2D eigenvalue weighted by Crippen LogP contribution is 2.32. The molecule has 5 rings (SSSR count). The van der Waals surface area contributed by atoms with Gasteiger partial charge in [-0.2, -0.15) is 5.21 Å². The van der Waals surface area contributed by atoms with Gasteiger partial charge < -0.3 is 4.57 Å². The third-order valence-electron chi connectivity index (χ3n) is 6.34. The molecule has 0 aliphatic rings. The summed E-state index contributed by atoms with van der Waals surface area (Å²) >= 11 is 0. The van der Waals surface area contributed by atoms with Crippen molar-refractivity contribution >= 4 is 0 Å². The summed E-state index contributed by atoms with van der Waals surface area (Å²) in [6, 6.07) is 11.1. The predicted octanol–water partition coefficient (Wildman–Crippen LogP) is 4.23. The van der Waals surface area contributed by atoms with Crippen molar-refractivity contribution in [3.05, 3.63) is 88.7 Å². The third-order valence-corrected chi connectivity index (χ3v) is 6.34. The molecule has 184 valence electrons. The minimum Gasteiger partial charge on any atom is -0.332 e. The molecule has 4 aromatic heterocycles. The molecule has 36 heavy (non-hydrogen) atoms. The van der Waals surface area contributed by atoms with Crippen LogP contribution in [0.2, 0.25) is 0 Å². The maximum absolute atomic E-state index is 14.7. The van der Waals surface area contributed by atoms with Gasteiger partial charge in [0.25, 0.3) is 0 Å². The first-order chi connectivity index (χ1) is 17.6. The summed E-state index contributed by atoms with van der Waals surface area (Å²) in [5, 5.41) is 14.5. The molecule has 0 amide bonds. The number of unbranched alkanes of at least 4 members (excludes halogenated alkanes) is 1. The number of nitrogens with zero attached hydrogens (tertiary/aromatic N) is 7. The molecule has 0 atom stereocenters. The summed E-state index contributed by atoms with van der Waals surface area (Å²) in [5.41, 5.74) is 4.07. The van der Waals surface area contributed by atoms with Crippen LogP contribution < -0.4 is 5.69 Å². The number of pyridine rings is 1. The standard InChI is InChI=1S/C26H27FN8O/c1-3-5-8-19-17-35(25-23(27)12-14-33(25)4-2)26(36)34(19)16-18-15-28-13-11-20(18)21-9-6-7-10-22(21)24-29-31-32-30-24/h6-7,9-15,17H,3-5,8,16H2,1-2H3,(H,29,30,31,32). The topological polar surface area (TPSA) is 99.2 Å². The van der Waals surface area contributed by atoms with Gasteiger partial charge in [0.15, 0.2) is 11.6 Å². The molecule has 0 bridgehead atoms. The van der Waals surface area contributed by atoms with Crippen LogP contribution in [0.15, 0.2) is 66.0 Å².